The number of nitrogens with zero attached hydrogens (tertiary/aromatic N) is 1. The molecule has 0 unspecified atom stereocenters. The first-order chi connectivity index (χ1) is 12.6. The Morgan fingerprint density at radius 1 is 1.31 bits per heavy atom. The molecular weight excluding hydrogens is 328 g/mol. The summed E-state index contributed by atoms with van der Waals surface area (Å²) in [6, 6.07) is 2.27. The van der Waals surface area contributed by atoms with E-state index in [-0.39, 0.29) is 7.33 Å². The molecule has 5 nitrogen and oxygen atoms in total. The first kappa shape index (κ1) is 20.4. The molecular formula is C21H34N2O3. The van der Waals surface area contributed by atoms with Gasteiger partial charge in [-0.2, -0.15) is 0 Å². The van der Waals surface area contributed by atoms with Crippen molar-refractivity contribution in [2.24, 2.45) is 0 Å². The molecule has 0 bridgehead atoms. The first-order valence-electron chi connectivity index (χ1n) is 9.84. The number of fused-ring (bicyclic) bond motifs is 1. The van der Waals surface area contributed by atoms with Gasteiger partial charge < -0.3 is 14.8 Å². The summed E-state index contributed by atoms with van der Waals surface area (Å²) >= 11 is 0. The fourth-order valence-electron chi connectivity index (χ4n) is 3.36. The van der Waals surface area contributed by atoms with E-state index < -0.39 is 0 Å². The third-order valence-electron chi connectivity index (χ3n) is 4.78. The number of hydrogen-bond acceptors (Lipinski definition) is 4. The predicted molar refractivity (Wildman–Crippen MR) is 107 cm³/mol. The molecule has 2 N–H and O–H groups in total. The predicted octanol–water partition coefficient (Wildman–Crippen LogP) is 4.92. The quantitative estimate of drug-likeness (QED) is 0.740. The van der Waals surface area contributed by atoms with Crippen LogP contribution in [0, 0.1) is 13.8 Å². The highest BCUT2D eigenvalue weighted by molar-refractivity contribution is 6.05. The molecule has 146 valence electrons. The summed E-state index contributed by atoms with van der Waals surface area (Å²) in [6.45, 7) is 6.38. The number of aromatic nitrogens is 1. The van der Waals surface area contributed by atoms with Gasteiger partial charge >= 0.3 is 0 Å². The minimum absolute atomic E-state index is 0. The highest BCUT2D eigenvalue weighted by atomic mass is 16.3. The van der Waals surface area contributed by atoms with Crippen LogP contribution in [-0.2, 0) is 0 Å². The van der Waals surface area contributed by atoms with E-state index in [9.17, 15) is 4.79 Å². The molecule has 0 aliphatic heterocycles. The summed E-state index contributed by atoms with van der Waals surface area (Å²) in [5.41, 5.74) is 3.87. The van der Waals surface area contributed by atoms with E-state index in [0.717, 1.165) is 36.9 Å². The number of nitrogens with one attached hydrogen (secondary N) is 1. The van der Waals surface area contributed by atoms with E-state index in [1.54, 1.807) is 0 Å². The number of carbonyl (C=O) groups excluding carboxylic acids is 1. The summed E-state index contributed by atoms with van der Waals surface area (Å²) < 4.78 is 5.52. The molecule has 5 heteroatoms. The average molecular weight is 363 g/mol. The Balaban J connectivity index is 0.000000456. The van der Waals surface area contributed by atoms with Gasteiger partial charge in [0.1, 0.15) is 17.3 Å². The molecule has 26 heavy (non-hydrogen) atoms. The van der Waals surface area contributed by atoms with Crippen LogP contribution in [0.3, 0.4) is 0 Å². The number of pyridine rings is 1. The molecule has 2 heterocycles. The molecule has 3 rings (SSSR count). The van der Waals surface area contributed by atoms with Gasteiger partial charge in [-0.3, -0.25) is 4.79 Å². The van der Waals surface area contributed by atoms with Gasteiger partial charge in [-0.25, -0.2) is 4.98 Å². The van der Waals surface area contributed by atoms with Gasteiger partial charge in [0.25, 0.3) is 5.91 Å². The van der Waals surface area contributed by atoms with Crippen LogP contribution in [0.15, 0.2) is 16.7 Å². The number of aliphatic hydroxyl groups excluding tert-OH is 1. The Bertz CT molecular complexity index is 705. The van der Waals surface area contributed by atoms with Crippen molar-refractivity contribution in [1.82, 2.24) is 10.3 Å². The summed E-state index contributed by atoms with van der Waals surface area (Å²) in [6.07, 6.45) is 10.7. The second-order valence-corrected chi connectivity index (χ2v) is 7.15. The van der Waals surface area contributed by atoms with E-state index in [4.69, 9.17) is 9.52 Å². The van der Waals surface area contributed by atoms with Crippen LogP contribution in [-0.4, -0.2) is 28.6 Å². The zero-order valence-electron chi connectivity index (χ0n) is 16.3. The number of aliphatic hydroxyl groups is 1. The monoisotopic (exact) mass is 362 g/mol. The second-order valence-electron chi connectivity index (χ2n) is 7.15. The lowest BCUT2D eigenvalue weighted by atomic mass is 9.95. The van der Waals surface area contributed by atoms with Crippen LogP contribution >= 0.6 is 0 Å². The molecule has 1 aliphatic rings. The molecule has 2 aromatic rings. The van der Waals surface area contributed by atoms with Crippen molar-refractivity contribution in [2.45, 2.75) is 78.2 Å². The van der Waals surface area contributed by atoms with Gasteiger partial charge in [0.2, 0.25) is 0 Å². The Labute approximate surface area is 157 Å². The van der Waals surface area contributed by atoms with Crippen LogP contribution in [0.2, 0.25) is 0 Å². The standard InChI is InChI=1S/C16H20N2O2.C5H12O.H2/c1-10-8-11(2)17-14-13(9-20-15(10)14)16(19)18-12-6-4-3-5-7-12;1-2-3-4-5-6;/h8-9,12H,3-7H2,1-2H3,(H,18,19);6H,2-5H2,1H3;1H. The highest BCUT2D eigenvalue weighted by Crippen LogP contribution is 2.24. The van der Waals surface area contributed by atoms with Crippen molar-refractivity contribution >= 4 is 17.0 Å². The molecule has 1 fully saturated rings. The number of amides is 1. The van der Waals surface area contributed by atoms with Gasteiger partial charge in [0.15, 0.2) is 5.58 Å². The summed E-state index contributed by atoms with van der Waals surface area (Å²) in [4.78, 5) is 16.9. The maximum absolute atomic E-state index is 12.4. The molecule has 1 amide bonds. The zero-order chi connectivity index (χ0) is 18.9. The molecule has 1 saturated carbocycles. The number of hydrogen-bond donors (Lipinski definition) is 2. The average Bonchev–Trinajstić information content (AvgIpc) is 3.05. The normalized spacial score (nSPS) is 14.8. The molecule has 0 atom stereocenters. The number of carbonyl (C=O) groups is 1. The summed E-state index contributed by atoms with van der Waals surface area (Å²) in [5, 5.41) is 11.3. The minimum Gasteiger partial charge on any atom is -0.461 e. The lowest BCUT2D eigenvalue weighted by molar-refractivity contribution is 0.0928. The van der Waals surface area contributed by atoms with Crippen molar-refractivity contribution < 1.29 is 15.7 Å². The fourth-order valence-corrected chi connectivity index (χ4v) is 3.36. The third kappa shape index (κ3) is 5.56. The van der Waals surface area contributed by atoms with Crippen molar-refractivity contribution in [3.8, 4) is 0 Å². The van der Waals surface area contributed by atoms with Crippen LogP contribution < -0.4 is 5.32 Å². The highest BCUT2D eigenvalue weighted by Gasteiger charge is 2.21. The number of furan rings is 1. The van der Waals surface area contributed by atoms with E-state index >= 15 is 0 Å². The minimum atomic E-state index is -0.0619. The van der Waals surface area contributed by atoms with Crippen LogP contribution in [0.25, 0.3) is 11.1 Å². The van der Waals surface area contributed by atoms with Crippen LogP contribution in [0.4, 0.5) is 0 Å². The largest absolute Gasteiger partial charge is 0.461 e. The van der Waals surface area contributed by atoms with Crippen LogP contribution in [0.1, 0.15) is 81.3 Å². The number of aryl methyl sites for hydroxylation is 2. The molecule has 1 aliphatic carbocycles. The molecule has 0 spiro atoms. The molecule has 0 aromatic carbocycles. The Morgan fingerprint density at radius 2 is 2.04 bits per heavy atom. The van der Waals surface area contributed by atoms with Gasteiger partial charge in [0.05, 0.1) is 0 Å². The smallest absolute Gasteiger partial charge is 0.256 e. The lowest BCUT2D eigenvalue weighted by Crippen LogP contribution is -2.36. The van der Waals surface area contributed by atoms with Crippen molar-refractivity contribution in [3.05, 3.63) is 29.2 Å². The Morgan fingerprint density at radius 3 is 2.65 bits per heavy atom. The molecule has 0 radical (unpaired) electrons. The van der Waals surface area contributed by atoms with Gasteiger partial charge in [-0.15, -0.1) is 0 Å². The zero-order valence-corrected chi connectivity index (χ0v) is 16.3. The van der Waals surface area contributed by atoms with Gasteiger partial charge in [0, 0.05) is 19.8 Å². The third-order valence-corrected chi connectivity index (χ3v) is 4.78. The Kier molecular flexibility index (Phi) is 8.10. The second kappa shape index (κ2) is 10.3. The van der Waals surface area contributed by atoms with Gasteiger partial charge in [-0.05, 0) is 44.7 Å². The molecule has 0 saturated heterocycles. The number of unbranched alkanes of at least 4 members (excludes halogenated alkanes) is 2. The summed E-state index contributed by atoms with van der Waals surface area (Å²) in [7, 11) is 0. The topological polar surface area (TPSA) is 75.4 Å². The van der Waals surface area contributed by atoms with E-state index in [1.807, 2.05) is 19.9 Å². The van der Waals surface area contributed by atoms with E-state index in [0.29, 0.717) is 29.3 Å². The van der Waals surface area contributed by atoms with Crippen molar-refractivity contribution in [2.75, 3.05) is 6.61 Å². The van der Waals surface area contributed by atoms with Crippen LogP contribution in [0.5, 0.6) is 0 Å². The van der Waals surface area contributed by atoms with E-state index in [2.05, 4.69) is 17.2 Å². The molecule has 2 aromatic heterocycles. The fraction of sp³-hybridized carbons (Fsp3) is 0.619. The number of rotatable bonds is 5. The Hall–Kier alpha value is -1.88. The van der Waals surface area contributed by atoms with Gasteiger partial charge in [-0.1, -0.05) is 39.0 Å². The maximum atomic E-state index is 12.4. The van der Waals surface area contributed by atoms with Crippen molar-refractivity contribution in [1.29, 1.82) is 0 Å². The lowest BCUT2D eigenvalue weighted by Gasteiger charge is -2.22. The summed E-state index contributed by atoms with van der Waals surface area (Å²) in [5.74, 6) is -0.0619. The van der Waals surface area contributed by atoms with Crippen molar-refractivity contribution in [3.63, 3.8) is 0 Å². The SMILES string of the molecule is CCCCCO.Cc1cc(C)c2occ(C(=O)NC3CCCCC3)c2n1.[HH]. The maximum Gasteiger partial charge on any atom is 0.256 e. The van der Waals surface area contributed by atoms with E-state index in [1.165, 1.54) is 31.9 Å². The first-order valence-corrected chi connectivity index (χ1v) is 9.84.